The van der Waals surface area contributed by atoms with Gasteiger partial charge in [0.15, 0.2) is 0 Å². The van der Waals surface area contributed by atoms with Crippen LogP contribution in [-0.4, -0.2) is 21.9 Å². The summed E-state index contributed by atoms with van der Waals surface area (Å²) in [6, 6.07) is 16.2. The second-order valence-electron chi connectivity index (χ2n) is 6.57. The van der Waals surface area contributed by atoms with Crippen LogP contribution in [0.4, 0.5) is 11.4 Å². The molecule has 3 rings (SSSR count). The maximum Gasteiger partial charge on any atom is 0.262 e. The molecular weight excluding hydrogens is 412 g/mol. The maximum atomic E-state index is 12.6. The van der Waals surface area contributed by atoms with Gasteiger partial charge in [0.05, 0.1) is 21.2 Å². The van der Waals surface area contributed by atoms with E-state index in [2.05, 4.69) is 9.44 Å². The van der Waals surface area contributed by atoms with Crippen LogP contribution in [0.15, 0.2) is 76.5 Å². The minimum atomic E-state index is -3.96. The van der Waals surface area contributed by atoms with Crippen molar-refractivity contribution in [3.05, 3.63) is 77.9 Å². The molecule has 29 heavy (non-hydrogen) atoms. The summed E-state index contributed by atoms with van der Waals surface area (Å²) in [7, 11) is -7.83. The Labute approximate surface area is 170 Å². The van der Waals surface area contributed by atoms with Crippen molar-refractivity contribution in [3.8, 4) is 5.75 Å². The Kier molecular flexibility index (Phi) is 5.54. The molecule has 0 atom stereocenters. The fourth-order valence-electron chi connectivity index (χ4n) is 2.53. The van der Waals surface area contributed by atoms with Gasteiger partial charge in [0, 0.05) is 0 Å². The first kappa shape index (κ1) is 20.7. The molecule has 0 aliphatic carbocycles. The van der Waals surface area contributed by atoms with Crippen molar-refractivity contribution in [3.63, 3.8) is 0 Å². The molecule has 0 fully saturated rings. The Bertz CT molecular complexity index is 1240. The average Bonchev–Trinajstić information content (AvgIpc) is 2.65. The van der Waals surface area contributed by atoms with E-state index in [9.17, 15) is 21.9 Å². The van der Waals surface area contributed by atoms with Crippen LogP contribution in [0.2, 0.25) is 0 Å². The van der Waals surface area contributed by atoms with Crippen LogP contribution in [0.25, 0.3) is 0 Å². The number of aromatic hydroxyl groups is 1. The Hall–Kier alpha value is -3.04. The third-order valence-corrected chi connectivity index (χ3v) is 6.93. The molecule has 0 saturated carbocycles. The molecule has 3 N–H and O–H groups in total. The number of rotatable bonds is 6. The van der Waals surface area contributed by atoms with E-state index in [1.807, 2.05) is 13.8 Å². The third kappa shape index (κ3) is 4.87. The van der Waals surface area contributed by atoms with Crippen LogP contribution in [0.5, 0.6) is 5.75 Å². The highest BCUT2D eigenvalue weighted by atomic mass is 32.2. The van der Waals surface area contributed by atoms with E-state index in [0.717, 1.165) is 11.1 Å². The van der Waals surface area contributed by atoms with Crippen molar-refractivity contribution in [1.82, 2.24) is 0 Å². The van der Waals surface area contributed by atoms with E-state index >= 15 is 0 Å². The molecule has 3 aromatic carbocycles. The Morgan fingerprint density at radius 3 is 1.59 bits per heavy atom. The van der Waals surface area contributed by atoms with Crippen LogP contribution in [-0.2, 0) is 20.0 Å². The van der Waals surface area contributed by atoms with Crippen molar-refractivity contribution >= 4 is 31.4 Å². The van der Waals surface area contributed by atoms with Gasteiger partial charge in [-0.25, -0.2) is 16.8 Å². The van der Waals surface area contributed by atoms with Gasteiger partial charge in [-0.3, -0.25) is 9.44 Å². The monoisotopic (exact) mass is 432 g/mol. The van der Waals surface area contributed by atoms with Crippen LogP contribution in [0.3, 0.4) is 0 Å². The predicted molar refractivity (Wildman–Crippen MR) is 112 cm³/mol. The smallest absolute Gasteiger partial charge is 0.262 e. The molecule has 0 saturated heterocycles. The predicted octanol–water partition coefficient (Wildman–Crippen LogP) is 3.61. The number of sulfonamides is 2. The fraction of sp³-hybridized carbons (Fsp3) is 0.100. The highest BCUT2D eigenvalue weighted by Gasteiger charge is 2.18. The maximum absolute atomic E-state index is 12.6. The molecule has 3 aromatic rings. The fourth-order valence-corrected chi connectivity index (χ4v) is 4.65. The second-order valence-corrected chi connectivity index (χ2v) is 9.93. The van der Waals surface area contributed by atoms with Crippen molar-refractivity contribution in [2.24, 2.45) is 0 Å². The van der Waals surface area contributed by atoms with E-state index in [-0.39, 0.29) is 26.9 Å². The molecule has 0 aliphatic rings. The third-order valence-electron chi connectivity index (χ3n) is 4.16. The molecule has 0 radical (unpaired) electrons. The van der Waals surface area contributed by atoms with Crippen LogP contribution in [0, 0.1) is 13.8 Å². The Morgan fingerprint density at radius 2 is 1.10 bits per heavy atom. The number of hydrogen-bond acceptors (Lipinski definition) is 5. The van der Waals surface area contributed by atoms with Gasteiger partial charge in [-0.1, -0.05) is 35.4 Å². The van der Waals surface area contributed by atoms with Gasteiger partial charge >= 0.3 is 0 Å². The van der Waals surface area contributed by atoms with E-state index in [1.54, 1.807) is 24.3 Å². The second kappa shape index (κ2) is 7.76. The van der Waals surface area contributed by atoms with Gasteiger partial charge in [-0.2, -0.15) is 0 Å². The first-order valence-electron chi connectivity index (χ1n) is 8.59. The molecule has 0 heterocycles. The summed E-state index contributed by atoms with van der Waals surface area (Å²) >= 11 is 0. The number of anilines is 2. The lowest BCUT2D eigenvalue weighted by Crippen LogP contribution is -2.15. The van der Waals surface area contributed by atoms with Crippen LogP contribution >= 0.6 is 0 Å². The lowest BCUT2D eigenvalue weighted by Gasteiger charge is -2.13. The minimum absolute atomic E-state index is 0.0214. The summed E-state index contributed by atoms with van der Waals surface area (Å²) in [5.74, 6) is -0.334. The van der Waals surface area contributed by atoms with Gasteiger partial charge in [0.2, 0.25) is 0 Å². The summed E-state index contributed by atoms with van der Waals surface area (Å²) in [5, 5.41) is 10.0. The highest BCUT2D eigenvalue weighted by Crippen LogP contribution is 2.30. The zero-order valence-electron chi connectivity index (χ0n) is 15.7. The zero-order valence-corrected chi connectivity index (χ0v) is 17.4. The highest BCUT2D eigenvalue weighted by molar-refractivity contribution is 7.93. The SMILES string of the molecule is Cc1ccc(S(=O)(=O)Nc2ccc(O)c(NS(=O)(=O)c3ccc(C)cc3)c2)cc1. The molecule has 0 aliphatic heterocycles. The summed E-state index contributed by atoms with van der Waals surface area (Å²) in [5.41, 5.74) is 1.78. The topological polar surface area (TPSA) is 113 Å². The standard InChI is InChI=1S/C20H20N2O5S2/c1-14-3-8-17(9-4-14)28(24,25)21-16-7-12-20(23)19(13-16)22-29(26,27)18-10-5-15(2)6-11-18/h3-13,21-23H,1-2H3. The van der Waals surface area contributed by atoms with Gasteiger partial charge in [-0.05, 0) is 56.3 Å². The summed E-state index contributed by atoms with van der Waals surface area (Å²) in [4.78, 5) is 0.0890. The van der Waals surface area contributed by atoms with Crippen LogP contribution in [0.1, 0.15) is 11.1 Å². The van der Waals surface area contributed by atoms with Crippen molar-refractivity contribution < 1.29 is 21.9 Å². The molecule has 0 unspecified atom stereocenters. The van der Waals surface area contributed by atoms with E-state index in [1.165, 1.54) is 42.5 Å². The van der Waals surface area contributed by atoms with Crippen molar-refractivity contribution in [2.75, 3.05) is 9.44 Å². The van der Waals surface area contributed by atoms with E-state index < -0.39 is 20.0 Å². The molecule has 152 valence electrons. The van der Waals surface area contributed by atoms with Crippen molar-refractivity contribution in [2.45, 2.75) is 23.6 Å². The lowest BCUT2D eigenvalue weighted by atomic mass is 10.2. The van der Waals surface area contributed by atoms with E-state index in [0.29, 0.717) is 0 Å². The van der Waals surface area contributed by atoms with E-state index in [4.69, 9.17) is 0 Å². The molecule has 0 amide bonds. The zero-order chi connectivity index (χ0) is 21.2. The normalized spacial score (nSPS) is 11.8. The summed E-state index contributed by atoms with van der Waals surface area (Å²) in [6.07, 6.45) is 0. The Morgan fingerprint density at radius 1 is 0.655 bits per heavy atom. The molecule has 7 nitrogen and oxygen atoms in total. The van der Waals surface area contributed by atoms with Crippen LogP contribution < -0.4 is 9.44 Å². The lowest BCUT2D eigenvalue weighted by molar-refractivity contribution is 0.477. The average molecular weight is 433 g/mol. The number of phenolic OH excluding ortho intramolecular Hbond substituents is 1. The van der Waals surface area contributed by atoms with Gasteiger partial charge < -0.3 is 5.11 Å². The van der Waals surface area contributed by atoms with Gasteiger partial charge in [-0.15, -0.1) is 0 Å². The minimum Gasteiger partial charge on any atom is -0.506 e. The summed E-state index contributed by atoms with van der Waals surface area (Å²) in [6.45, 7) is 3.68. The number of benzene rings is 3. The molecule has 0 bridgehead atoms. The van der Waals surface area contributed by atoms with Gasteiger partial charge in [0.1, 0.15) is 5.75 Å². The molecule has 9 heteroatoms. The Balaban J connectivity index is 1.88. The summed E-state index contributed by atoms with van der Waals surface area (Å²) < 4.78 is 54.8. The molecule has 0 spiro atoms. The molecular formula is C20H20N2O5S2. The number of aryl methyl sites for hydroxylation is 2. The van der Waals surface area contributed by atoms with Gasteiger partial charge in [0.25, 0.3) is 20.0 Å². The largest absolute Gasteiger partial charge is 0.506 e. The first-order chi connectivity index (χ1) is 13.6. The first-order valence-corrected chi connectivity index (χ1v) is 11.6. The number of nitrogens with one attached hydrogen (secondary N) is 2. The van der Waals surface area contributed by atoms with Crippen molar-refractivity contribution in [1.29, 1.82) is 0 Å². The number of phenols is 1. The quantitative estimate of drug-likeness (QED) is 0.407. The number of hydrogen-bond donors (Lipinski definition) is 3. The molecule has 0 aromatic heterocycles.